The number of nitrogens with zero attached hydrogens (tertiary/aromatic N) is 1. The van der Waals surface area contributed by atoms with Gasteiger partial charge < -0.3 is 4.98 Å². The quantitative estimate of drug-likeness (QED) is 0.516. The summed E-state index contributed by atoms with van der Waals surface area (Å²) >= 11 is 3.47. The normalized spacial score (nSPS) is 11.2. The number of hydrogen-bond acceptors (Lipinski definition) is 1. The second-order valence-electron chi connectivity index (χ2n) is 4.82. The number of aromatic amines is 1. The first kappa shape index (κ1) is 11.7. The summed E-state index contributed by atoms with van der Waals surface area (Å²) in [6.45, 7) is 0. The van der Waals surface area contributed by atoms with Crippen LogP contribution in [0.25, 0.3) is 32.9 Å². The number of hydrogen-bond donors (Lipinski definition) is 1. The second-order valence-corrected chi connectivity index (χ2v) is 5.74. The van der Waals surface area contributed by atoms with Crippen molar-refractivity contribution in [2.24, 2.45) is 0 Å². The molecule has 0 spiro atoms. The average molecular weight is 323 g/mol. The van der Waals surface area contributed by atoms with Gasteiger partial charge in [0.15, 0.2) is 0 Å². The zero-order valence-electron chi connectivity index (χ0n) is 10.6. The third-order valence-corrected chi connectivity index (χ3v) is 3.98. The average Bonchev–Trinajstić information content (AvgIpc) is 2.85. The van der Waals surface area contributed by atoms with Crippen LogP contribution in [0.15, 0.2) is 65.4 Å². The van der Waals surface area contributed by atoms with Gasteiger partial charge in [0.25, 0.3) is 0 Å². The molecule has 4 rings (SSSR count). The number of aromatic nitrogens is 2. The van der Waals surface area contributed by atoms with Crippen LogP contribution >= 0.6 is 15.9 Å². The van der Waals surface area contributed by atoms with Gasteiger partial charge in [0, 0.05) is 44.2 Å². The van der Waals surface area contributed by atoms with Gasteiger partial charge in [-0.15, -0.1) is 0 Å². The third-order valence-electron chi connectivity index (χ3n) is 3.54. The Balaban J connectivity index is 2.00. The number of para-hydroxylation sites is 1. The van der Waals surface area contributed by atoms with E-state index in [-0.39, 0.29) is 0 Å². The van der Waals surface area contributed by atoms with Crippen molar-refractivity contribution >= 4 is 37.7 Å². The molecule has 3 heteroatoms. The summed E-state index contributed by atoms with van der Waals surface area (Å²) < 4.78 is 0.994. The Bertz CT molecular complexity index is 924. The number of pyridine rings is 1. The van der Waals surface area contributed by atoms with Crippen LogP contribution in [0, 0.1) is 0 Å². The van der Waals surface area contributed by atoms with Crippen LogP contribution < -0.4 is 0 Å². The van der Waals surface area contributed by atoms with Crippen molar-refractivity contribution in [3.05, 3.63) is 65.4 Å². The molecule has 1 N–H and O–H groups in total. The summed E-state index contributed by atoms with van der Waals surface area (Å²) in [6, 6.07) is 16.9. The maximum atomic E-state index is 4.24. The van der Waals surface area contributed by atoms with E-state index in [1.165, 1.54) is 21.9 Å². The van der Waals surface area contributed by atoms with Gasteiger partial charge in [0.1, 0.15) is 0 Å². The van der Waals surface area contributed by atoms with E-state index >= 15 is 0 Å². The van der Waals surface area contributed by atoms with Crippen molar-refractivity contribution < 1.29 is 0 Å². The maximum Gasteiger partial charge on any atom is 0.0465 e. The molecule has 0 atom stereocenters. The Morgan fingerprint density at radius 2 is 1.65 bits per heavy atom. The molecule has 2 nitrogen and oxygen atoms in total. The summed E-state index contributed by atoms with van der Waals surface area (Å²) in [4.78, 5) is 7.68. The molecular weight excluding hydrogens is 312 g/mol. The number of nitrogens with one attached hydrogen (secondary N) is 1. The molecule has 0 bridgehead atoms. The molecule has 0 unspecified atom stereocenters. The van der Waals surface area contributed by atoms with Crippen LogP contribution in [0.1, 0.15) is 0 Å². The number of halogens is 1. The SMILES string of the molecule is Brc1cncc(-c2ccc3[nH]c4ccccc4c3c2)c1. The largest absolute Gasteiger partial charge is 0.355 e. The lowest BCUT2D eigenvalue weighted by Gasteiger charge is -2.02. The van der Waals surface area contributed by atoms with Crippen molar-refractivity contribution in [3.8, 4) is 11.1 Å². The summed E-state index contributed by atoms with van der Waals surface area (Å²) in [7, 11) is 0. The molecule has 0 aliphatic carbocycles. The summed E-state index contributed by atoms with van der Waals surface area (Å²) in [5.74, 6) is 0. The predicted octanol–water partition coefficient (Wildman–Crippen LogP) is 5.15. The van der Waals surface area contributed by atoms with Crippen molar-refractivity contribution in [1.82, 2.24) is 9.97 Å². The molecular formula is C17H11BrN2. The standard InChI is InChI=1S/C17H11BrN2/c18-13-7-12(9-19-10-13)11-5-6-17-15(8-11)14-3-1-2-4-16(14)20-17/h1-10,20H. The van der Waals surface area contributed by atoms with E-state index in [0.717, 1.165) is 15.6 Å². The van der Waals surface area contributed by atoms with Gasteiger partial charge in [-0.2, -0.15) is 0 Å². The Labute approximate surface area is 124 Å². The molecule has 0 aliphatic rings. The number of fused-ring (bicyclic) bond motifs is 3. The Morgan fingerprint density at radius 3 is 2.55 bits per heavy atom. The summed E-state index contributed by atoms with van der Waals surface area (Å²) in [5.41, 5.74) is 4.63. The Morgan fingerprint density at radius 1 is 0.800 bits per heavy atom. The molecule has 2 heterocycles. The molecule has 0 fully saturated rings. The third kappa shape index (κ3) is 1.82. The van der Waals surface area contributed by atoms with Crippen molar-refractivity contribution in [1.29, 1.82) is 0 Å². The van der Waals surface area contributed by atoms with Crippen LogP contribution in [-0.2, 0) is 0 Å². The lowest BCUT2D eigenvalue weighted by atomic mass is 10.0. The molecule has 20 heavy (non-hydrogen) atoms. The minimum Gasteiger partial charge on any atom is -0.355 e. The highest BCUT2D eigenvalue weighted by Gasteiger charge is 2.06. The van der Waals surface area contributed by atoms with Gasteiger partial charge >= 0.3 is 0 Å². The van der Waals surface area contributed by atoms with E-state index in [0.29, 0.717) is 0 Å². The highest BCUT2D eigenvalue weighted by Crippen LogP contribution is 2.30. The van der Waals surface area contributed by atoms with E-state index in [4.69, 9.17) is 0 Å². The molecule has 0 saturated heterocycles. The fourth-order valence-electron chi connectivity index (χ4n) is 2.60. The van der Waals surface area contributed by atoms with Gasteiger partial charge in [-0.3, -0.25) is 4.98 Å². The highest BCUT2D eigenvalue weighted by molar-refractivity contribution is 9.10. The molecule has 2 aromatic carbocycles. The molecule has 0 aliphatic heterocycles. The molecule has 0 radical (unpaired) electrons. The molecule has 4 aromatic rings. The van der Waals surface area contributed by atoms with Crippen LogP contribution in [0.4, 0.5) is 0 Å². The van der Waals surface area contributed by atoms with Crippen molar-refractivity contribution in [2.75, 3.05) is 0 Å². The number of benzene rings is 2. The first-order valence-corrected chi connectivity index (χ1v) is 7.22. The smallest absolute Gasteiger partial charge is 0.0465 e. The molecule has 0 amide bonds. The minimum atomic E-state index is 0.994. The minimum absolute atomic E-state index is 0.994. The lowest BCUT2D eigenvalue weighted by molar-refractivity contribution is 1.31. The van der Waals surface area contributed by atoms with Gasteiger partial charge in [-0.1, -0.05) is 24.3 Å². The Kier molecular flexibility index (Phi) is 2.60. The zero-order valence-corrected chi connectivity index (χ0v) is 12.2. The summed E-state index contributed by atoms with van der Waals surface area (Å²) in [5, 5.41) is 2.50. The molecule has 0 saturated carbocycles. The van der Waals surface area contributed by atoms with Crippen LogP contribution in [0.5, 0.6) is 0 Å². The Hall–Kier alpha value is -2.13. The monoisotopic (exact) mass is 322 g/mol. The van der Waals surface area contributed by atoms with E-state index in [9.17, 15) is 0 Å². The van der Waals surface area contributed by atoms with Gasteiger partial charge in [-0.05, 0) is 45.8 Å². The number of rotatable bonds is 1. The van der Waals surface area contributed by atoms with E-state index in [1.54, 1.807) is 6.20 Å². The lowest BCUT2D eigenvalue weighted by Crippen LogP contribution is -1.80. The van der Waals surface area contributed by atoms with Gasteiger partial charge in [0.2, 0.25) is 0 Å². The first-order valence-electron chi connectivity index (χ1n) is 6.43. The zero-order chi connectivity index (χ0) is 13.5. The van der Waals surface area contributed by atoms with Crippen molar-refractivity contribution in [3.63, 3.8) is 0 Å². The van der Waals surface area contributed by atoms with E-state index < -0.39 is 0 Å². The first-order chi connectivity index (χ1) is 9.81. The van der Waals surface area contributed by atoms with Crippen LogP contribution in [0.3, 0.4) is 0 Å². The fraction of sp³-hybridized carbons (Fsp3) is 0. The molecule has 2 aromatic heterocycles. The van der Waals surface area contributed by atoms with E-state index in [1.807, 2.05) is 6.20 Å². The second kappa shape index (κ2) is 4.46. The topological polar surface area (TPSA) is 28.7 Å². The number of H-pyrrole nitrogens is 1. The van der Waals surface area contributed by atoms with Crippen LogP contribution in [0.2, 0.25) is 0 Å². The van der Waals surface area contributed by atoms with E-state index in [2.05, 4.69) is 74.4 Å². The van der Waals surface area contributed by atoms with Gasteiger partial charge in [-0.25, -0.2) is 0 Å². The maximum absolute atomic E-state index is 4.24. The van der Waals surface area contributed by atoms with Crippen LogP contribution in [-0.4, -0.2) is 9.97 Å². The highest BCUT2D eigenvalue weighted by atomic mass is 79.9. The summed E-state index contributed by atoms with van der Waals surface area (Å²) in [6.07, 6.45) is 3.69. The van der Waals surface area contributed by atoms with Gasteiger partial charge in [0.05, 0.1) is 0 Å². The predicted molar refractivity (Wildman–Crippen MR) is 86.7 cm³/mol. The molecule has 96 valence electrons. The van der Waals surface area contributed by atoms with Crippen molar-refractivity contribution in [2.45, 2.75) is 0 Å². The fourth-order valence-corrected chi connectivity index (χ4v) is 2.96.